The normalized spacial score (nSPS) is 10.1. The predicted octanol–water partition coefficient (Wildman–Crippen LogP) is 2.80. The van der Waals surface area contributed by atoms with Crippen LogP contribution in [0.1, 0.15) is 19.4 Å². The number of anilines is 2. The summed E-state index contributed by atoms with van der Waals surface area (Å²) in [7, 11) is 1.57. The Bertz CT molecular complexity index is 723. The zero-order valence-corrected chi connectivity index (χ0v) is 15.4. The molecular formula is C20H25N3O3. The lowest BCUT2D eigenvalue weighted by molar-refractivity contribution is -0.136. The first-order chi connectivity index (χ1) is 12.6. The highest BCUT2D eigenvalue weighted by atomic mass is 16.5. The van der Waals surface area contributed by atoms with Crippen LogP contribution >= 0.6 is 0 Å². The second kappa shape index (κ2) is 9.46. The smallest absolute Gasteiger partial charge is 0.313 e. The zero-order chi connectivity index (χ0) is 18.9. The molecule has 0 aliphatic rings. The average molecular weight is 355 g/mol. The topological polar surface area (TPSA) is 70.7 Å². The van der Waals surface area contributed by atoms with Crippen LogP contribution in [0.2, 0.25) is 0 Å². The van der Waals surface area contributed by atoms with Gasteiger partial charge in [0.2, 0.25) is 0 Å². The van der Waals surface area contributed by atoms with Crippen LogP contribution < -0.4 is 20.3 Å². The van der Waals surface area contributed by atoms with Crippen LogP contribution in [-0.2, 0) is 16.1 Å². The van der Waals surface area contributed by atoms with E-state index in [1.165, 1.54) is 0 Å². The monoisotopic (exact) mass is 355 g/mol. The molecule has 26 heavy (non-hydrogen) atoms. The fraction of sp³-hybridized carbons (Fsp3) is 0.300. The summed E-state index contributed by atoms with van der Waals surface area (Å²) in [5.74, 6) is -0.691. The molecule has 2 rings (SSSR count). The summed E-state index contributed by atoms with van der Waals surface area (Å²) < 4.78 is 5.05. The molecule has 2 aromatic rings. The van der Waals surface area contributed by atoms with Gasteiger partial charge in [0, 0.05) is 31.0 Å². The first-order valence-electron chi connectivity index (χ1n) is 8.64. The molecule has 6 nitrogen and oxygen atoms in total. The summed E-state index contributed by atoms with van der Waals surface area (Å²) in [6.07, 6.45) is 0. The minimum atomic E-state index is -0.699. The van der Waals surface area contributed by atoms with E-state index in [4.69, 9.17) is 4.74 Å². The van der Waals surface area contributed by atoms with Crippen molar-refractivity contribution in [3.05, 3.63) is 54.1 Å². The van der Waals surface area contributed by atoms with Crippen molar-refractivity contribution in [1.29, 1.82) is 0 Å². The van der Waals surface area contributed by atoms with Crippen molar-refractivity contribution in [3.8, 4) is 5.75 Å². The van der Waals surface area contributed by atoms with E-state index in [2.05, 4.69) is 29.4 Å². The van der Waals surface area contributed by atoms with E-state index in [9.17, 15) is 9.59 Å². The first-order valence-corrected chi connectivity index (χ1v) is 8.64. The second-order valence-electron chi connectivity index (χ2n) is 5.70. The number of methoxy groups -OCH3 is 1. The van der Waals surface area contributed by atoms with Crippen LogP contribution in [0, 0.1) is 0 Å². The predicted molar refractivity (Wildman–Crippen MR) is 103 cm³/mol. The van der Waals surface area contributed by atoms with E-state index < -0.39 is 11.8 Å². The molecule has 6 heteroatoms. The summed E-state index contributed by atoms with van der Waals surface area (Å²) in [6.45, 7) is 6.40. The van der Waals surface area contributed by atoms with E-state index in [1.54, 1.807) is 31.4 Å². The van der Waals surface area contributed by atoms with Crippen molar-refractivity contribution in [2.45, 2.75) is 20.4 Å². The molecule has 0 radical (unpaired) electrons. The Kier molecular flexibility index (Phi) is 7.02. The first kappa shape index (κ1) is 19.3. The van der Waals surface area contributed by atoms with Crippen LogP contribution in [0.3, 0.4) is 0 Å². The van der Waals surface area contributed by atoms with E-state index in [0.29, 0.717) is 18.0 Å². The number of rotatable bonds is 7. The van der Waals surface area contributed by atoms with Crippen molar-refractivity contribution in [2.75, 3.05) is 30.4 Å². The molecule has 0 unspecified atom stereocenters. The van der Waals surface area contributed by atoms with Gasteiger partial charge in [-0.3, -0.25) is 9.59 Å². The molecular weight excluding hydrogens is 330 g/mol. The molecule has 2 aromatic carbocycles. The maximum Gasteiger partial charge on any atom is 0.313 e. The van der Waals surface area contributed by atoms with Crippen molar-refractivity contribution >= 4 is 23.2 Å². The summed E-state index contributed by atoms with van der Waals surface area (Å²) in [5.41, 5.74) is 2.61. The van der Waals surface area contributed by atoms with Crippen LogP contribution in [-0.4, -0.2) is 32.0 Å². The van der Waals surface area contributed by atoms with Gasteiger partial charge in [0.15, 0.2) is 0 Å². The number of hydrogen-bond acceptors (Lipinski definition) is 4. The number of benzene rings is 2. The zero-order valence-electron chi connectivity index (χ0n) is 15.4. The quantitative estimate of drug-likeness (QED) is 0.749. The van der Waals surface area contributed by atoms with Crippen LogP contribution in [0.25, 0.3) is 0 Å². The van der Waals surface area contributed by atoms with E-state index >= 15 is 0 Å². The van der Waals surface area contributed by atoms with E-state index in [-0.39, 0.29) is 0 Å². The molecule has 0 bridgehead atoms. The van der Waals surface area contributed by atoms with Crippen molar-refractivity contribution in [1.82, 2.24) is 5.32 Å². The Morgan fingerprint density at radius 3 is 2.08 bits per heavy atom. The van der Waals surface area contributed by atoms with E-state index in [0.717, 1.165) is 24.3 Å². The second-order valence-corrected chi connectivity index (χ2v) is 5.70. The van der Waals surface area contributed by atoms with Gasteiger partial charge in [0.25, 0.3) is 0 Å². The van der Waals surface area contributed by atoms with Crippen LogP contribution in [0.15, 0.2) is 48.5 Å². The largest absolute Gasteiger partial charge is 0.497 e. The molecule has 0 saturated carbocycles. The van der Waals surface area contributed by atoms with Gasteiger partial charge in [0.05, 0.1) is 7.11 Å². The van der Waals surface area contributed by atoms with Gasteiger partial charge < -0.3 is 20.3 Å². The molecule has 0 saturated heterocycles. The Morgan fingerprint density at radius 1 is 0.923 bits per heavy atom. The number of amides is 2. The van der Waals surface area contributed by atoms with Gasteiger partial charge in [-0.05, 0) is 55.8 Å². The number of nitrogens with one attached hydrogen (secondary N) is 2. The molecule has 0 atom stereocenters. The van der Waals surface area contributed by atoms with Crippen LogP contribution in [0.4, 0.5) is 11.4 Å². The number of nitrogens with zero attached hydrogens (tertiary/aromatic N) is 1. The van der Waals surface area contributed by atoms with Crippen molar-refractivity contribution in [2.24, 2.45) is 0 Å². The Balaban J connectivity index is 1.86. The maximum atomic E-state index is 12.0. The summed E-state index contributed by atoms with van der Waals surface area (Å²) >= 11 is 0. The SMILES string of the molecule is CCN(CC)c1ccc(CNC(=O)C(=O)Nc2ccc(OC)cc2)cc1. The highest BCUT2D eigenvalue weighted by Gasteiger charge is 2.13. The van der Waals surface area contributed by atoms with Crippen molar-refractivity contribution < 1.29 is 14.3 Å². The minimum absolute atomic E-state index is 0.299. The molecule has 0 spiro atoms. The molecule has 0 heterocycles. The number of carbonyl (C=O) groups is 2. The summed E-state index contributed by atoms with van der Waals surface area (Å²) in [6, 6.07) is 14.7. The van der Waals surface area contributed by atoms with Gasteiger partial charge in [-0.25, -0.2) is 0 Å². The maximum absolute atomic E-state index is 12.0. The van der Waals surface area contributed by atoms with Crippen LogP contribution in [0.5, 0.6) is 5.75 Å². The Labute approximate surface area is 154 Å². The standard InChI is InChI=1S/C20H25N3O3/c1-4-23(5-2)17-10-6-15(7-11-17)14-21-19(24)20(25)22-16-8-12-18(26-3)13-9-16/h6-13H,4-5,14H2,1-3H3,(H,21,24)(H,22,25). The van der Waals surface area contributed by atoms with E-state index in [1.807, 2.05) is 24.3 Å². The van der Waals surface area contributed by atoms with Gasteiger partial charge in [0.1, 0.15) is 5.75 Å². The fourth-order valence-electron chi connectivity index (χ4n) is 2.54. The van der Waals surface area contributed by atoms with Gasteiger partial charge >= 0.3 is 11.8 Å². The summed E-state index contributed by atoms with van der Waals surface area (Å²) in [4.78, 5) is 26.1. The lowest BCUT2D eigenvalue weighted by Gasteiger charge is -2.21. The Morgan fingerprint density at radius 2 is 1.54 bits per heavy atom. The molecule has 2 N–H and O–H groups in total. The lowest BCUT2D eigenvalue weighted by atomic mass is 10.2. The number of hydrogen-bond donors (Lipinski definition) is 2. The third-order valence-corrected chi connectivity index (χ3v) is 4.07. The van der Waals surface area contributed by atoms with Gasteiger partial charge in [-0.15, -0.1) is 0 Å². The molecule has 0 aliphatic heterocycles. The average Bonchev–Trinajstić information content (AvgIpc) is 2.68. The third kappa shape index (κ3) is 5.24. The highest BCUT2D eigenvalue weighted by molar-refractivity contribution is 6.39. The number of ether oxygens (including phenoxy) is 1. The number of carbonyl (C=O) groups excluding carboxylic acids is 2. The molecule has 0 aromatic heterocycles. The summed E-state index contributed by atoms with van der Waals surface area (Å²) in [5, 5.41) is 5.18. The lowest BCUT2D eigenvalue weighted by Crippen LogP contribution is -2.34. The fourth-order valence-corrected chi connectivity index (χ4v) is 2.54. The Hall–Kier alpha value is -3.02. The van der Waals surface area contributed by atoms with Gasteiger partial charge in [-0.1, -0.05) is 12.1 Å². The van der Waals surface area contributed by atoms with Crippen molar-refractivity contribution in [3.63, 3.8) is 0 Å². The minimum Gasteiger partial charge on any atom is -0.497 e. The molecule has 0 fully saturated rings. The third-order valence-electron chi connectivity index (χ3n) is 4.07. The molecule has 2 amide bonds. The molecule has 0 aliphatic carbocycles. The highest BCUT2D eigenvalue weighted by Crippen LogP contribution is 2.16. The molecule has 138 valence electrons. The van der Waals surface area contributed by atoms with Gasteiger partial charge in [-0.2, -0.15) is 0 Å².